The van der Waals surface area contributed by atoms with Crippen LogP contribution in [0.2, 0.25) is 0 Å². The van der Waals surface area contributed by atoms with Gasteiger partial charge >= 0.3 is 0 Å². The summed E-state index contributed by atoms with van der Waals surface area (Å²) in [6, 6.07) is 14.7. The van der Waals surface area contributed by atoms with Crippen LogP contribution in [-0.2, 0) is 4.74 Å². The summed E-state index contributed by atoms with van der Waals surface area (Å²) in [6.07, 6.45) is 2.71. The normalized spacial score (nSPS) is 15.9. The van der Waals surface area contributed by atoms with E-state index in [9.17, 15) is 9.59 Å². The number of amides is 1. The van der Waals surface area contributed by atoms with Gasteiger partial charge in [-0.05, 0) is 49.4 Å². The van der Waals surface area contributed by atoms with Crippen molar-refractivity contribution in [3.63, 3.8) is 0 Å². The number of rotatable bonds is 7. The number of nitrogens with zero attached hydrogens (tertiary/aromatic N) is 1. The predicted molar refractivity (Wildman–Crippen MR) is 115 cm³/mol. The lowest BCUT2D eigenvalue weighted by Gasteiger charge is -2.25. The summed E-state index contributed by atoms with van der Waals surface area (Å²) in [4.78, 5) is 29.4. The van der Waals surface area contributed by atoms with Gasteiger partial charge in [-0.25, -0.2) is 0 Å². The van der Waals surface area contributed by atoms with E-state index in [0.717, 1.165) is 10.5 Å². The quantitative estimate of drug-likeness (QED) is 0.425. The molecule has 0 fully saturated rings. The summed E-state index contributed by atoms with van der Waals surface area (Å²) in [5, 5.41) is 0.501. The summed E-state index contributed by atoms with van der Waals surface area (Å²) < 4.78 is 11.4. The zero-order valence-corrected chi connectivity index (χ0v) is 17.3. The minimum Gasteiger partial charge on any atom is -0.450 e. The maximum absolute atomic E-state index is 13.3. The maximum Gasteiger partial charge on any atom is 0.290 e. The Labute approximate surface area is 173 Å². The number of thioether (sulfide) groups is 1. The molecule has 3 aromatic rings. The molecular weight excluding hydrogens is 386 g/mol. The van der Waals surface area contributed by atoms with Crippen LogP contribution in [0.5, 0.6) is 0 Å². The van der Waals surface area contributed by atoms with Gasteiger partial charge in [-0.2, -0.15) is 0 Å². The molecule has 150 valence electrons. The Kier molecular flexibility index (Phi) is 5.74. The molecule has 0 aliphatic carbocycles. The van der Waals surface area contributed by atoms with Crippen LogP contribution in [0.15, 0.2) is 62.6 Å². The first-order chi connectivity index (χ1) is 14.2. The molecule has 1 amide bonds. The second kappa shape index (κ2) is 8.43. The average Bonchev–Trinajstić information content (AvgIpc) is 3.03. The van der Waals surface area contributed by atoms with E-state index in [-0.39, 0.29) is 17.1 Å². The number of fused-ring (bicyclic) bond motifs is 2. The van der Waals surface area contributed by atoms with Gasteiger partial charge in [0.05, 0.1) is 17.0 Å². The van der Waals surface area contributed by atoms with E-state index in [2.05, 4.69) is 0 Å². The third-order valence-electron chi connectivity index (χ3n) is 5.20. The Morgan fingerprint density at radius 2 is 1.86 bits per heavy atom. The van der Waals surface area contributed by atoms with E-state index in [1.54, 1.807) is 34.9 Å². The number of carbonyl (C=O) groups excluding carboxylic acids is 1. The summed E-state index contributed by atoms with van der Waals surface area (Å²) in [7, 11) is 0. The van der Waals surface area contributed by atoms with Crippen LogP contribution in [0.4, 0.5) is 0 Å². The van der Waals surface area contributed by atoms with Crippen LogP contribution in [0.1, 0.15) is 41.1 Å². The number of ether oxygens (including phenoxy) is 1. The van der Waals surface area contributed by atoms with Crippen LogP contribution in [0.3, 0.4) is 0 Å². The molecule has 0 N–H and O–H groups in total. The molecule has 1 atom stereocenters. The average molecular weight is 410 g/mol. The molecule has 4 rings (SSSR count). The molecule has 0 saturated heterocycles. The third-order valence-corrected chi connectivity index (χ3v) is 5.94. The molecule has 0 radical (unpaired) electrons. The summed E-state index contributed by atoms with van der Waals surface area (Å²) in [5.74, 6) is -0.0812. The molecule has 6 heteroatoms. The van der Waals surface area contributed by atoms with Crippen molar-refractivity contribution >= 4 is 28.6 Å². The summed E-state index contributed by atoms with van der Waals surface area (Å²) >= 11 is 1.65. The highest BCUT2D eigenvalue weighted by atomic mass is 32.2. The maximum atomic E-state index is 13.3. The second-order valence-electron chi connectivity index (χ2n) is 6.89. The fraction of sp³-hybridized carbons (Fsp3) is 0.304. The van der Waals surface area contributed by atoms with Crippen molar-refractivity contribution in [3.05, 3.63) is 75.6 Å². The lowest BCUT2D eigenvalue weighted by atomic mass is 9.98. The van der Waals surface area contributed by atoms with Gasteiger partial charge in [0, 0.05) is 24.7 Å². The highest BCUT2D eigenvalue weighted by Crippen LogP contribution is 2.38. The first-order valence-corrected chi connectivity index (χ1v) is 11.0. The molecule has 0 spiro atoms. The first kappa shape index (κ1) is 19.7. The van der Waals surface area contributed by atoms with Crippen molar-refractivity contribution in [2.75, 3.05) is 26.0 Å². The molecule has 1 unspecified atom stereocenters. The lowest BCUT2D eigenvalue weighted by Crippen LogP contribution is -2.31. The van der Waals surface area contributed by atoms with Crippen molar-refractivity contribution in [2.24, 2.45) is 0 Å². The van der Waals surface area contributed by atoms with Crippen molar-refractivity contribution in [2.45, 2.75) is 24.3 Å². The Morgan fingerprint density at radius 1 is 1.10 bits per heavy atom. The fourth-order valence-electron chi connectivity index (χ4n) is 3.81. The Morgan fingerprint density at radius 3 is 2.59 bits per heavy atom. The number of hydrogen-bond acceptors (Lipinski definition) is 5. The van der Waals surface area contributed by atoms with Gasteiger partial charge in [0.1, 0.15) is 5.58 Å². The van der Waals surface area contributed by atoms with Gasteiger partial charge in [-0.1, -0.05) is 24.3 Å². The minimum atomic E-state index is -0.448. The van der Waals surface area contributed by atoms with Crippen molar-refractivity contribution in [1.29, 1.82) is 0 Å². The molecule has 2 aromatic carbocycles. The van der Waals surface area contributed by atoms with E-state index in [4.69, 9.17) is 9.15 Å². The van der Waals surface area contributed by atoms with Crippen LogP contribution in [0, 0.1) is 0 Å². The number of carbonyl (C=O) groups is 1. The highest BCUT2D eigenvalue weighted by Gasteiger charge is 2.42. The fourth-order valence-corrected chi connectivity index (χ4v) is 4.22. The Balaban J connectivity index is 1.82. The van der Waals surface area contributed by atoms with Gasteiger partial charge in [0.25, 0.3) is 5.91 Å². The van der Waals surface area contributed by atoms with Crippen molar-refractivity contribution in [1.82, 2.24) is 4.90 Å². The van der Waals surface area contributed by atoms with E-state index in [1.165, 1.54) is 0 Å². The van der Waals surface area contributed by atoms with Gasteiger partial charge in [0.15, 0.2) is 5.43 Å². The monoisotopic (exact) mass is 409 g/mol. The lowest BCUT2D eigenvalue weighted by molar-refractivity contribution is 0.0696. The number of hydrogen-bond donors (Lipinski definition) is 0. The number of benzene rings is 2. The molecule has 0 saturated carbocycles. The van der Waals surface area contributed by atoms with Crippen LogP contribution < -0.4 is 5.43 Å². The van der Waals surface area contributed by atoms with Gasteiger partial charge < -0.3 is 14.1 Å². The highest BCUT2D eigenvalue weighted by molar-refractivity contribution is 7.98. The molecular formula is C23H23NO4S. The van der Waals surface area contributed by atoms with E-state index in [1.807, 2.05) is 43.5 Å². The van der Waals surface area contributed by atoms with Crippen LogP contribution in [0.25, 0.3) is 11.0 Å². The smallest absolute Gasteiger partial charge is 0.290 e. The molecule has 2 heterocycles. The van der Waals surface area contributed by atoms with Crippen molar-refractivity contribution < 1.29 is 13.9 Å². The van der Waals surface area contributed by atoms with Crippen LogP contribution in [-0.4, -0.2) is 36.8 Å². The third kappa shape index (κ3) is 3.58. The SMILES string of the molecule is CCOCCCN1C(=O)c2oc3ccccc3c(=O)c2C1c1ccc(SC)cc1. The topological polar surface area (TPSA) is 59.8 Å². The van der Waals surface area contributed by atoms with Crippen molar-refractivity contribution in [3.8, 4) is 0 Å². The minimum absolute atomic E-state index is 0.138. The van der Waals surface area contributed by atoms with Gasteiger partial charge in [-0.15, -0.1) is 11.8 Å². The second-order valence-corrected chi connectivity index (χ2v) is 7.77. The predicted octanol–water partition coefficient (Wildman–Crippen LogP) is 4.49. The standard InChI is InChI=1S/C23H23NO4S/c1-3-27-14-6-13-24-20(15-9-11-16(29-2)12-10-15)19-21(25)17-7-4-5-8-18(17)28-22(19)23(24)26/h4-5,7-12,20H,3,6,13-14H2,1-2H3. The Hall–Kier alpha value is -2.57. The first-order valence-electron chi connectivity index (χ1n) is 9.74. The molecule has 1 aliphatic rings. The zero-order chi connectivity index (χ0) is 20.4. The number of para-hydroxylation sites is 1. The molecule has 1 aliphatic heterocycles. The van der Waals surface area contributed by atoms with Gasteiger partial charge in [0.2, 0.25) is 5.76 Å². The summed E-state index contributed by atoms with van der Waals surface area (Å²) in [6.45, 7) is 3.64. The molecule has 29 heavy (non-hydrogen) atoms. The van der Waals surface area contributed by atoms with Gasteiger partial charge in [-0.3, -0.25) is 9.59 Å². The van der Waals surface area contributed by atoms with E-state index < -0.39 is 6.04 Å². The Bertz CT molecular complexity index is 1090. The molecule has 1 aromatic heterocycles. The zero-order valence-electron chi connectivity index (χ0n) is 16.5. The largest absolute Gasteiger partial charge is 0.450 e. The molecule has 0 bridgehead atoms. The molecule has 5 nitrogen and oxygen atoms in total. The van der Waals surface area contributed by atoms with Crippen LogP contribution >= 0.6 is 11.8 Å². The van der Waals surface area contributed by atoms with E-state index in [0.29, 0.717) is 42.7 Å². The van der Waals surface area contributed by atoms with E-state index >= 15 is 0 Å². The summed E-state index contributed by atoms with van der Waals surface area (Å²) in [5.41, 5.74) is 1.65.